The van der Waals surface area contributed by atoms with Gasteiger partial charge < -0.3 is 4.74 Å². The number of aromatic nitrogens is 5. The number of imidazole rings is 1. The molecule has 2 aromatic carbocycles. The van der Waals surface area contributed by atoms with Crippen molar-refractivity contribution in [1.29, 1.82) is 0 Å². The van der Waals surface area contributed by atoms with E-state index in [-0.39, 0.29) is 5.69 Å². The largest absolute Gasteiger partial charge is 0.478 e. The summed E-state index contributed by atoms with van der Waals surface area (Å²) in [4.78, 5) is 26.7. The van der Waals surface area contributed by atoms with Gasteiger partial charge in [-0.15, -0.1) is 0 Å². The number of pyridine rings is 3. The standard InChI is InChI=1S/C27H21N5O2/c1-3-34-25-11-8-20(15-30-25)32-26-21-14-18(17-6-9-22-19(13-17)5-4-12-28-22)7-10-23(21)29-16-24(26)31(2)27(32)33/h4-16H,3H2,1-2H3. The van der Waals surface area contributed by atoms with E-state index in [0.29, 0.717) is 18.2 Å². The minimum atomic E-state index is -0.155. The average Bonchev–Trinajstić information content (AvgIpc) is 3.14. The van der Waals surface area contributed by atoms with Gasteiger partial charge in [-0.05, 0) is 54.4 Å². The third-order valence-corrected chi connectivity index (χ3v) is 6.09. The summed E-state index contributed by atoms with van der Waals surface area (Å²) in [5.74, 6) is 0.527. The van der Waals surface area contributed by atoms with Gasteiger partial charge in [-0.1, -0.05) is 18.2 Å². The Hall–Kier alpha value is -4.52. The second-order valence-electron chi connectivity index (χ2n) is 8.10. The zero-order chi connectivity index (χ0) is 23.2. The Morgan fingerprint density at radius 1 is 0.882 bits per heavy atom. The van der Waals surface area contributed by atoms with Gasteiger partial charge in [0.2, 0.25) is 5.88 Å². The molecule has 4 heterocycles. The highest BCUT2D eigenvalue weighted by Crippen LogP contribution is 2.31. The summed E-state index contributed by atoms with van der Waals surface area (Å²) in [6.07, 6.45) is 5.21. The zero-order valence-corrected chi connectivity index (χ0v) is 18.8. The van der Waals surface area contributed by atoms with E-state index in [9.17, 15) is 4.79 Å². The van der Waals surface area contributed by atoms with Crippen LogP contribution in [0.4, 0.5) is 0 Å². The molecular formula is C27H21N5O2. The number of ether oxygens (including phenoxy) is 1. The van der Waals surface area contributed by atoms with Crippen LogP contribution in [0.1, 0.15) is 6.92 Å². The molecule has 0 unspecified atom stereocenters. The van der Waals surface area contributed by atoms with E-state index in [1.165, 1.54) is 0 Å². The van der Waals surface area contributed by atoms with Gasteiger partial charge in [-0.2, -0.15) is 0 Å². The SMILES string of the molecule is CCOc1ccc(-n2c(=O)n(C)c3cnc4ccc(-c5ccc6ncccc6c5)cc4c32)cn1. The van der Waals surface area contributed by atoms with E-state index in [0.717, 1.165) is 44.0 Å². The summed E-state index contributed by atoms with van der Waals surface area (Å²) >= 11 is 0. The minimum absolute atomic E-state index is 0.155. The molecule has 6 rings (SSSR count). The van der Waals surface area contributed by atoms with Crippen LogP contribution in [-0.2, 0) is 7.05 Å². The van der Waals surface area contributed by atoms with Crippen LogP contribution in [0.2, 0.25) is 0 Å². The van der Waals surface area contributed by atoms with Gasteiger partial charge in [0.05, 0.1) is 46.8 Å². The Bertz CT molecular complexity index is 1750. The summed E-state index contributed by atoms with van der Waals surface area (Å²) in [5.41, 5.74) is 5.96. The smallest absolute Gasteiger partial charge is 0.333 e. The monoisotopic (exact) mass is 447 g/mol. The molecule has 0 aliphatic rings. The Morgan fingerprint density at radius 2 is 1.71 bits per heavy atom. The number of nitrogens with zero attached hydrogens (tertiary/aromatic N) is 5. The molecule has 6 aromatic rings. The number of rotatable bonds is 4. The molecule has 7 nitrogen and oxygen atoms in total. The van der Waals surface area contributed by atoms with Crippen molar-refractivity contribution in [1.82, 2.24) is 24.1 Å². The summed E-state index contributed by atoms with van der Waals surface area (Å²) < 4.78 is 8.78. The molecule has 0 radical (unpaired) electrons. The Labute approximate surface area is 194 Å². The van der Waals surface area contributed by atoms with E-state index >= 15 is 0 Å². The Morgan fingerprint density at radius 3 is 2.50 bits per heavy atom. The maximum absolute atomic E-state index is 13.3. The number of benzene rings is 2. The fraction of sp³-hybridized carbons (Fsp3) is 0.111. The molecule has 166 valence electrons. The third kappa shape index (κ3) is 3.13. The minimum Gasteiger partial charge on any atom is -0.478 e. The second-order valence-corrected chi connectivity index (χ2v) is 8.10. The van der Waals surface area contributed by atoms with Crippen molar-refractivity contribution in [2.75, 3.05) is 6.61 Å². The maximum Gasteiger partial charge on any atom is 0.333 e. The third-order valence-electron chi connectivity index (χ3n) is 6.09. The molecule has 0 bridgehead atoms. The van der Waals surface area contributed by atoms with Crippen molar-refractivity contribution in [3.63, 3.8) is 0 Å². The van der Waals surface area contributed by atoms with E-state index in [1.807, 2.05) is 31.2 Å². The average molecular weight is 447 g/mol. The summed E-state index contributed by atoms with van der Waals surface area (Å²) in [5, 5.41) is 1.97. The van der Waals surface area contributed by atoms with E-state index in [4.69, 9.17) is 4.74 Å². The fourth-order valence-corrected chi connectivity index (χ4v) is 4.41. The van der Waals surface area contributed by atoms with E-state index in [2.05, 4.69) is 45.3 Å². The van der Waals surface area contributed by atoms with Gasteiger partial charge in [0.1, 0.15) is 0 Å². The number of hydrogen-bond acceptors (Lipinski definition) is 5. The van der Waals surface area contributed by atoms with Gasteiger partial charge in [-0.25, -0.2) is 9.78 Å². The first-order valence-corrected chi connectivity index (χ1v) is 11.1. The quantitative estimate of drug-likeness (QED) is 0.385. The lowest BCUT2D eigenvalue weighted by molar-refractivity contribution is 0.327. The van der Waals surface area contributed by atoms with Crippen molar-refractivity contribution in [2.24, 2.45) is 7.05 Å². The van der Waals surface area contributed by atoms with Crippen LogP contribution < -0.4 is 10.4 Å². The lowest BCUT2D eigenvalue weighted by Gasteiger charge is -2.09. The fourth-order valence-electron chi connectivity index (χ4n) is 4.41. The molecule has 0 N–H and O–H groups in total. The lowest BCUT2D eigenvalue weighted by Crippen LogP contribution is -2.21. The van der Waals surface area contributed by atoms with Crippen LogP contribution >= 0.6 is 0 Å². The highest BCUT2D eigenvalue weighted by molar-refractivity contribution is 6.04. The molecule has 0 amide bonds. The van der Waals surface area contributed by atoms with E-state index < -0.39 is 0 Å². The molecule has 0 atom stereocenters. The molecule has 0 saturated carbocycles. The molecule has 0 fully saturated rings. The molecule has 7 heteroatoms. The van der Waals surface area contributed by atoms with Crippen molar-refractivity contribution in [3.05, 3.63) is 89.7 Å². The van der Waals surface area contributed by atoms with Crippen LogP contribution in [-0.4, -0.2) is 30.7 Å². The van der Waals surface area contributed by atoms with Gasteiger partial charge in [0.25, 0.3) is 0 Å². The zero-order valence-electron chi connectivity index (χ0n) is 18.8. The number of fused-ring (bicyclic) bond motifs is 4. The molecule has 0 saturated heterocycles. The summed E-state index contributed by atoms with van der Waals surface area (Å²) in [7, 11) is 1.76. The van der Waals surface area contributed by atoms with Crippen LogP contribution in [0.25, 0.3) is 49.7 Å². The predicted octanol–water partition coefficient (Wildman–Crippen LogP) is 4.89. The van der Waals surface area contributed by atoms with Crippen LogP contribution in [0.15, 0.2) is 84.0 Å². The topological polar surface area (TPSA) is 74.8 Å². The highest BCUT2D eigenvalue weighted by atomic mass is 16.5. The van der Waals surface area contributed by atoms with Gasteiger partial charge in [-0.3, -0.25) is 19.1 Å². The van der Waals surface area contributed by atoms with Gasteiger partial charge in [0.15, 0.2) is 0 Å². The molecule has 34 heavy (non-hydrogen) atoms. The second kappa shape index (κ2) is 7.81. The Kier molecular flexibility index (Phi) is 4.62. The van der Waals surface area contributed by atoms with Gasteiger partial charge in [0, 0.05) is 30.1 Å². The van der Waals surface area contributed by atoms with Crippen molar-refractivity contribution in [3.8, 4) is 22.7 Å². The maximum atomic E-state index is 13.3. The predicted molar refractivity (Wildman–Crippen MR) is 134 cm³/mol. The normalized spacial score (nSPS) is 11.5. The molecule has 4 aromatic heterocycles. The highest BCUT2D eigenvalue weighted by Gasteiger charge is 2.17. The molecule has 0 spiro atoms. The molecule has 0 aliphatic carbocycles. The van der Waals surface area contributed by atoms with Crippen molar-refractivity contribution >= 4 is 32.8 Å². The van der Waals surface area contributed by atoms with Crippen LogP contribution in [0.3, 0.4) is 0 Å². The van der Waals surface area contributed by atoms with Crippen LogP contribution in [0.5, 0.6) is 5.88 Å². The van der Waals surface area contributed by atoms with Crippen LogP contribution in [0, 0.1) is 0 Å². The number of aryl methyl sites for hydroxylation is 1. The molecular weight excluding hydrogens is 426 g/mol. The molecule has 0 aliphatic heterocycles. The first-order chi connectivity index (χ1) is 16.6. The van der Waals surface area contributed by atoms with E-state index in [1.54, 1.807) is 40.8 Å². The first-order valence-electron chi connectivity index (χ1n) is 11.1. The van der Waals surface area contributed by atoms with Gasteiger partial charge >= 0.3 is 5.69 Å². The lowest BCUT2D eigenvalue weighted by atomic mass is 10.0. The first kappa shape index (κ1) is 20.1. The summed E-state index contributed by atoms with van der Waals surface area (Å²) in [6, 6.07) is 20.0. The van der Waals surface area contributed by atoms with Crippen molar-refractivity contribution in [2.45, 2.75) is 6.92 Å². The van der Waals surface area contributed by atoms with Crippen molar-refractivity contribution < 1.29 is 4.74 Å². The Balaban J connectivity index is 1.60. The number of hydrogen-bond donors (Lipinski definition) is 0. The summed E-state index contributed by atoms with van der Waals surface area (Å²) in [6.45, 7) is 2.44.